The van der Waals surface area contributed by atoms with Crippen LogP contribution in [0.15, 0.2) is 67.0 Å². The third-order valence-electron chi connectivity index (χ3n) is 6.23. The van der Waals surface area contributed by atoms with Crippen LogP contribution < -0.4 is 30.2 Å². The van der Waals surface area contributed by atoms with Gasteiger partial charge in [-0.15, -0.1) is 22.7 Å². The molecular weight excluding hydrogens is 528 g/mol. The van der Waals surface area contributed by atoms with Crippen LogP contribution in [0.5, 0.6) is 23.0 Å². The molecule has 2 aromatic carbocycles. The van der Waals surface area contributed by atoms with E-state index in [0.29, 0.717) is 56.1 Å². The van der Waals surface area contributed by atoms with Crippen LogP contribution in [-0.4, -0.2) is 28.4 Å². The van der Waals surface area contributed by atoms with Crippen LogP contribution in [0.4, 0.5) is 0 Å². The summed E-state index contributed by atoms with van der Waals surface area (Å²) in [6.07, 6.45) is 0. The number of hydrogen-bond acceptors (Lipinski definition) is 10. The second-order valence-corrected chi connectivity index (χ2v) is 10.5. The molecule has 6 rings (SSSR count). The minimum Gasteiger partial charge on any atom is -0.496 e. The molecule has 0 radical (unpaired) electrons. The fourth-order valence-electron chi connectivity index (χ4n) is 4.34. The van der Waals surface area contributed by atoms with E-state index in [1.165, 1.54) is 36.9 Å². The van der Waals surface area contributed by atoms with Gasteiger partial charge in [-0.3, -0.25) is 0 Å². The lowest BCUT2D eigenvalue weighted by molar-refractivity contribution is 0.395. The normalized spacial score (nSPS) is 11.4. The molecule has 4 aromatic heterocycles. The van der Waals surface area contributed by atoms with Gasteiger partial charge in [0.1, 0.15) is 34.2 Å². The lowest BCUT2D eigenvalue weighted by atomic mass is 10.1. The lowest BCUT2D eigenvalue weighted by Crippen LogP contribution is -2.02. The summed E-state index contributed by atoms with van der Waals surface area (Å²) >= 11 is 2.89. The summed E-state index contributed by atoms with van der Waals surface area (Å²) in [5, 5.41) is 1.33. The van der Waals surface area contributed by atoms with Gasteiger partial charge < -0.3 is 27.8 Å². The van der Waals surface area contributed by atoms with Crippen molar-refractivity contribution in [1.29, 1.82) is 0 Å². The Hall–Kier alpha value is -4.28. The summed E-state index contributed by atoms with van der Waals surface area (Å²) in [5.74, 6) is 2.15. The molecule has 192 valence electrons. The maximum absolute atomic E-state index is 12.9. The van der Waals surface area contributed by atoms with Gasteiger partial charge in [-0.25, -0.2) is 9.59 Å². The van der Waals surface area contributed by atoms with Crippen LogP contribution in [-0.2, 0) is 0 Å². The first-order valence-corrected chi connectivity index (χ1v) is 13.0. The van der Waals surface area contributed by atoms with E-state index < -0.39 is 11.3 Å². The molecule has 0 N–H and O–H groups in total. The Morgan fingerprint density at radius 1 is 0.553 bits per heavy atom. The van der Waals surface area contributed by atoms with Gasteiger partial charge in [0.15, 0.2) is 0 Å². The largest absolute Gasteiger partial charge is 0.496 e. The molecule has 0 aliphatic heterocycles. The number of hydrogen-bond donors (Lipinski definition) is 0. The first kappa shape index (κ1) is 24.1. The molecule has 0 aliphatic rings. The Labute approximate surface area is 223 Å². The van der Waals surface area contributed by atoms with Crippen molar-refractivity contribution in [3.05, 3.63) is 69.4 Å². The summed E-state index contributed by atoms with van der Waals surface area (Å²) < 4.78 is 34.6. The summed E-state index contributed by atoms with van der Waals surface area (Å²) in [5.41, 5.74) is 0.706. The van der Waals surface area contributed by atoms with Crippen LogP contribution in [0.2, 0.25) is 0 Å². The van der Waals surface area contributed by atoms with Crippen molar-refractivity contribution in [2.75, 3.05) is 28.4 Å². The fraction of sp³-hybridized carbons (Fsp3) is 0.143. The lowest BCUT2D eigenvalue weighted by Gasteiger charge is -2.08. The quantitative estimate of drug-likeness (QED) is 0.216. The Morgan fingerprint density at radius 3 is 1.34 bits per heavy atom. The number of thiophene rings is 2. The highest BCUT2D eigenvalue weighted by Gasteiger charge is 2.19. The molecule has 0 atom stereocenters. The van der Waals surface area contributed by atoms with Crippen LogP contribution in [0, 0.1) is 0 Å². The standard InChI is InChI=1S/C28H20O8S2/c1-31-13-5-19(33-3)15-9-17(27(29)35-21(15)7-13)23-11-25-26(37-23)12-24(38-25)18-10-16-20(34-4)6-14(32-2)8-22(16)36-28(18)30/h5-12H,1-4H3. The second-order valence-electron chi connectivity index (χ2n) is 8.33. The third kappa shape index (κ3) is 3.89. The topological polar surface area (TPSA) is 97.3 Å². The first-order valence-electron chi connectivity index (χ1n) is 11.4. The summed E-state index contributed by atoms with van der Waals surface area (Å²) in [6, 6.07) is 14.2. The van der Waals surface area contributed by atoms with Crippen molar-refractivity contribution in [1.82, 2.24) is 0 Å². The highest BCUT2D eigenvalue weighted by molar-refractivity contribution is 7.31. The predicted molar refractivity (Wildman–Crippen MR) is 149 cm³/mol. The average molecular weight is 549 g/mol. The highest BCUT2D eigenvalue weighted by atomic mass is 32.1. The van der Waals surface area contributed by atoms with E-state index in [4.69, 9.17) is 27.8 Å². The second kappa shape index (κ2) is 9.23. The van der Waals surface area contributed by atoms with Crippen LogP contribution in [0.25, 0.3) is 52.2 Å². The number of benzene rings is 2. The van der Waals surface area contributed by atoms with E-state index >= 15 is 0 Å². The van der Waals surface area contributed by atoms with E-state index in [-0.39, 0.29) is 0 Å². The highest BCUT2D eigenvalue weighted by Crippen LogP contribution is 2.42. The van der Waals surface area contributed by atoms with Crippen molar-refractivity contribution in [3.63, 3.8) is 0 Å². The average Bonchev–Trinajstić information content (AvgIpc) is 3.50. The molecule has 0 aliphatic carbocycles. The maximum atomic E-state index is 12.9. The van der Waals surface area contributed by atoms with E-state index in [1.807, 2.05) is 12.1 Å². The molecule has 0 fully saturated rings. The summed E-state index contributed by atoms with van der Waals surface area (Å²) in [4.78, 5) is 27.3. The van der Waals surface area contributed by atoms with Gasteiger partial charge in [-0.2, -0.15) is 0 Å². The molecule has 0 saturated carbocycles. The molecule has 8 nitrogen and oxygen atoms in total. The van der Waals surface area contributed by atoms with Gasteiger partial charge in [-0.1, -0.05) is 0 Å². The maximum Gasteiger partial charge on any atom is 0.345 e. The van der Waals surface area contributed by atoms with Gasteiger partial charge >= 0.3 is 11.3 Å². The molecule has 0 bridgehead atoms. The van der Waals surface area contributed by atoms with Crippen LogP contribution >= 0.6 is 22.7 Å². The molecule has 0 spiro atoms. The molecule has 0 amide bonds. The summed E-state index contributed by atoms with van der Waals surface area (Å²) in [7, 11) is 6.18. The molecule has 0 saturated heterocycles. The predicted octanol–water partition coefficient (Wildman–Crippen LogP) is 6.54. The Kier molecular flexibility index (Phi) is 5.85. The van der Waals surface area contributed by atoms with Crippen molar-refractivity contribution in [2.24, 2.45) is 0 Å². The van der Waals surface area contributed by atoms with Gasteiger partial charge in [0.2, 0.25) is 0 Å². The number of fused-ring (bicyclic) bond motifs is 3. The smallest absolute Gasteiger partial charge is 0.345 e. The molecule has 38 heavy (non-hydrogen) atoms. The number of ether oxygens (including phenoxy) is 4. The number of rotatable bonds is 6. The van der Waals surface area contributed by atoms with E-state index in [9.17, 15) is 9.59 Å². The number of methoxy groups -OCH3 is 4. The zero-order valence-corrected chi connectivity index (χ0v) is 22.3. The molecule has 0 unspecified atom stereocenters. The molecule has 4 heterocycles. The monoisotopic (exact) mass is 548 g/mol. The Bertz CT molecular complexity index is 1810. The van der Waals surface area contributed by atoms with Crippen LogP contribution in [0.1, 0.15) is 0 Å². The van der Waals surface area contributed by atoms with Gasteiger partial charge in [0.25, 0.3) is 0 Å². The van der Waals surface area contributed by atoms with Crippen molar-refractivity contribution in [2.45, 2.75) is 0 Å². The minimum atomic E-state index is -0.459. The van der Waals surface area contributed by atoms with Gasteiger partial charge in [0, 0.05) is 43.4 Å². The molecule has 10 heteroatoms. The van der Waals surface area contributed by atoms with E-state index in [1.54, 1.807) is 50.6 Å². The van der Waals surface area contributed by atoms with E-state index in [0.717, 1.165) is 19.2 Å². The fourth-order valence-corrected chi connectivity index (χ4v) is 6.75. The first-order chi connectivity index (χ1) is 18.4. The van der Waals surface area contributed by atoms with Gasteiger partial charge in [-0.05, 0) is 24.3 Å². The Morgan fingerprint density at radius 2 is 0.974 bits per heavy atom. The van der Waals surface area contributed by atoms with Crippen molar-refractivity contribution in [3.8, 4) is 43.9 Å². The van der Waals surface area contributed by atoms with E-state index in [2.05, 4.69) is 0 Å². The third-order valence-corrected chi connectivity index (χ3v) is 8.59. The van der Waals surface area contributed by atoms with Crippen LogP contribution in [0.3, 0.4) is 0 Å². The van der Waals surface area contributed by atoms with Gasteiger partial charge in [0.05, 0.1) is 50.3 Å². The molecule has 6 aromatic rings. The zero-order valence-electron chi connectivity index (χ0n) is 20.7. The zero-order chi connectivity index (χ0) is 26.6. The Balaban J connectivity index is 1.44. The minimum absolute atomic E-state index is 0.381. The molecular formula is C28H20O8S2. The SMILES string of the molecule is COc1cc(OC)c2cc(-c3cc4sc(-c5cc6c(OC)cc(OC)cc6oc5=O)cc4s3)c(=O)oc2c1. The van der Waals surface area contributed by atoms with Crippen molar-refractivity contribution < 1.29 is 27.8 Å². The van der Waals surface area contributed by atoms with Crippen molar-refractivity contribution >= 4 is 54.0 Å². The summed E-state index contributed by atoms with van der Waals surface area (Å²) in [6.45, 7) is 0.